The van der Waals surface area contributed by atoms with Crippen molar-refractivity contribution >= 4 is 33.1 Å². The van der Waals surface area contributed by atoms with E-state index < -0.39 is 5.79 Å². The van der Waals surface area contributed by atoms with Gasteiger partial charge >= 0.3 is 0 Å². The summed E-state index contributed by atoms with van der Waals surface area (Å²) in [6.45, 7) is 4.94. The first-order valence-corrected chi connectivity index (χ1v) is 10.0. The Morgan fingerprint density at radius 3 is 2.28 bits per heavy atom. The number of aromatic nitrogens is 1. The molecule has 0 aliphatic carbocycles. The van der Waals surface area contributed by atoms with Crippen LogP contribution in [0.15, 0.2) is 66.7 Å². The van der Waals surface area contributed by atoms with Crippen molar-refractivity contribution in [2.24, 2.45) is 11.5 Å². The fourth-order valence-corrected chi connectivity index (χ4v) is 3.91. The molecule has 0 saturated heterocycles. The average Bonchev–Trinajstić information content (AvgIpc) is 2.72. The molecule has 0 bridgehead atoms. The summed E-state index contributed by atoms with van der Waals surface area (Å²) in [4.78, 5) is 0. The third kappa shape index (κ3) is 3.50. The second kappa shape index (κ2) is 7.35. The SMILES string of the molecule is CC[n+]1c(-c2ccccc2)c2cc(N)ccc2c2ccc(NC(N)(N)CC)cc21. The van der Waals surface area contributed by atoms with Crippen molar-refractivity contribution in [3.05, 3.63) is 66.7 Å². The number of aryl methyl sites for hydroxylation is 1. The van der Waals surface area contributed by atoms with Gasteiger partial charge in [-0.1, -0.05) is 31.2 Å². The number of hydrogen-bond acceptors (Lipinski definition) is 4. The van der Waals surface area contributed by atoms with E-state index >= 15 is 0 Å². The molecule has 4 aromatic rings. The van der Waals surface area contributed by atoms with E-state index in [-0.39, 0.29) is 0 Å². The summed E-state index contributed by atoms with van der Waals surface area (Å²) in [5.74, 6) is -0.946. The Hall–Kier alpha value is -3.15. The van der Waals surface area contributed by atoms with Crippen LogP contribution in [-0.4, -0.2) is 5.79 Å². The molecule has 7 N–H and O–H groups in total. The lowest BCUT2D eigenvalue weighted by Gasteiger charge is -2.25. The van der Waals surface area contributed by atoms with Gasteiger partial charge in [0.25, 0.3) is 0 Å². The first-order valence-electron chi connectivity index (χ1n) is 10.0. The highest BCUT2D eigenvalue weighted by Gasteiger charge is 2.23. The van der Waals surface area contributed by atoms with Crippen LogP contribution in [0, 0.1) is 0 Å². The van der Waals surface area contributed by atoms with Crippen molar-refractivity contribution in [3.63, 3.8) is 0 Å². The zero-order valence-corrected chi connectivity index (χ0v) is 16.9. The molecule has 0 aliphatic rings. The average molecular weight is 387 g/mol. The highest BCUT2D eigenvalue weighted by atomic mass is 15.2. The number of nitrogens with two attached hydrogens (primary N) is 3. The summed E-state index contributed by atoms with van der Waals surface area (Å²) in [5.41, 5.74) is 23.5. The summed E-state index contributed by atoms with van der Waals surface area (Å²) in [6, 6.07) is 22.9. The molecule has 29 heavy (non-hydrogen) atoms. The monoisotopic (exact) mass is 386 g/mol. The molecule has 4 rings (SSSR count). The molecular weight excluding hydrogens is 358 g/mol. The van der Waals surface area contributed by atoms with Gasteiger partial charge in [0.2, 0.25) is 11.2 Å². The van der Waals surface area contributed by atoms with Crippen molar-refractivity contribution < 1.29 is 4.57 Å². The fraction of sp³-hybridized carbons (Fsp3) is 0.208. The smallest absolute Gasteiger partial charge is 0.220 e. The molecule has 148 valence electrons. The van der Waals surface area contributed by atoms with Crippen LogP contribution in [0.3, 0.4) is 0 Å². The molecule has 0 amide bonds. The Balaban J connectivity index is 2.08. The first-order chi connectivity index (χ1) is 13.9. The molecular formula is C24H28N5+. The van der Waals surface area contributed by atoms with E-state index in [1.54, 1.807) is 0 Å². The third-order valence-electron chi connectivity index (χ3n) is 5.47. The predicted molar refractivity (Wildman–Crippen MR) is 122 cm³/mol. The van der Waals surface area contributed by atoms with Gasteiger partial charge in [-0.15, -0.1) is 0 Å². The number of nitrogens with one attached hydrogen (secondary N) is 1. The maximum atomic E-state index is 6.17. The lowest BCUT2D eigenvalue weighted by Crippen LogP contribution is -2.55. The van der Waals surface area contributed by atoms with E-state index in [1.165, 1.54) is 10.8 Å². The van der Waals surface area contributed by atoms with Gasteiger partial charge < -0.3 is 11.1 Å². The van der Waals surface area contributed by atoms with Crippen LogP contribution in [0.4, 0.5) is 11.4 Å². The summed E-state index contributed by atoms with van der Waals surface area (Å²) >= 11 is 0. The standard InChI is InChI=1S/C24H27N5/c1-3-24(26,27)28-18-11-13-20-19-12-10-17(25)14-21(19)23(16-8-6-5-7-9-16)29(4-2)22(20)15-18/h5-15H,3-4,25-27H2,1-2H3/p+1. The maximum absolute atomic E-state index is 6.17. The minimum absolute atomic E-state index is 0.616. The first kappa shape index (κ1) is 19.2. The van der Waals surface area contributed by atoms with Crippen LogP contribution in [0.2, 0.25) is 0 Å². The third-order valence-corrected chi connectivity index (χ3v) is 5.47. The van der Waals surface area contributed by atoms with E-state index in [0.717, 1.165) is 40.1 Å². The van der Waals surface area contributed by atoms with E-state index in [1.807, 2.05) is 25.1 Å². The van der Waals surface area contributed by atoms with Crippen LogP contribution in [-0.2, 0) is 6.54 Å². The number of nitrogen functional groups attached to an aromatic ring is 1. The van der Waals surface area contributed by atoms with Gasteiger partial charge in [-0.05, 0) is 49.7 Å². The summed E-state index contributed by atoms with van der Waals surface area (Å²) in [5, 5.41) is 6.74. The summed E-state index contributed by atoms with van der Waals surface area (Å²) in [6.07, 6.45) is 0.616. The molecule has 5 nitrogen and oxygen atoms in total. The zero-order valence-electron chi connectivity index (χ0n) is 16.9. The maximum Gasteiger partial charge on any atom is 0.220 e. The van der Waals surface area contributed by atoms with E-state index in [9.17, 15) is 0 Å². The Morgan fingerprint density at radius 1 is 0.862 bits per heavy atom. The van der Waals surface area contributed by atoms with Crippen LogP contribution in [0.25, 0.3) is 32.9 Å². The van der Waals surface area contributed by atoms with E-state index in [4.69, 9.17) is 17.2 Å². The topological polar surface area (TPSA) is 94.0 Å². The lowest BCUT2D eigenvalue weighted by atomic mass is 9.98. The van der Waals surface area contributed by atoms with Crippen LogP contribution in [0.5, 0.6) is 0 Å². The van der Waals surface area contributed by atoms with Crippen LogP contribution < -0.4 is 27.1 Å². The molecule has 0 fully saturated rings. The van der Waals surface area contributed by atoms with Crippen LogP contribution >= 0.6 is 0 Å². The molecule has 0 radical (unpaired) electrons. The quantitative estimate of drug-likeness (QED) is 0.181. The van der Waals surface area contributed by atoms with Gasteiger partial charge in [0.05, 0.1) is 10.8 Å². The van der Waals surface area contributed by atoms with Gasteiger partial charge in [-0.25, -0.2) is 0 Å². The highest BCUT2D eigenvalue weighted by Crippen LogP contribution is 2.33. The van der Waals surface area contributed by atoms with Crippen molar-refractivity contribution in [1.29, 1.82) is 0 Å². The lowest BCUT2D eigenvalue weighted by molar-refractivity contribution is -0.655. The number of hydrogen-bond donors (Lipinski definition) is 4. The van der Waals surface area contributed by atoms with Gasteiger partial charge in [0, 0.05) is 28.4 Å². The molecule has 3 aromatic carbocycles. The van der Waals surface area contributed by atoms with Crippen LogP contribution in [0.1, 0.15) is 20.3 Å². The second-order valence-electron chi connectivity index (χ2n) is 7.51. The fourth-order valence-electron chi connectivity index (χ4n) is 3.91. The molecule has 0 atom stereocenters. The van der Waals surface area contributed by atoms with E-state index in [2.05, 4.69) is 65.3 Å². The van der Waals surface area contributed by atoms with Crippen molar-refractivity contribution in [3.8, 4) is 11.3 Å². The highest BCUT2D eigenvalue weighted by molar-refractivity contribution is 6.10. The summed E-state index contributed by atoms with van der Waals surface area (Å²) in [7, 11) is 0. The largest absolute Gasteiger partial charge is 0.399 e. The predicted octanol–water partition coefficient (Wildman–Crippen LogP) is 3.94. The Bertz CT molecular complexity index is 1180. The minimum atomic E-state index is -0.946. The minimum Gasteiger partial charge on any atom is -0.399 e. The van der Waals surface area contributed by atoms with Gasteiger partial charge in [0.1, 0.15) is 12.3 Å². The zero-order chi connectivity index (χ0) is 20.6. The number of pyridine rings is 1. The number of rotatable bonds is 5. The van der Waals surface area contributed by atoms with Crippen molar-refractivity contribution in [2.45, 2.75) is 32.6 Å². The number of fused-ring (bicyclic) bond motifs is 3. The molecule has 0 aliphatic heterocycles. The molecule has 1 aromatic heterocycles. The number of nitrogens with zero attached hydrogens (tertiary/aromatic N) is 1. The summed E-state index contributed by atoms with van der Waals surface area (Å²) < 4.78 is 2.33. The molecule has 1 heterocycles. The number of benzene rings is 3. The van der Waals surface area contributed by atoms with Gasteiger partial charge in [-0.3, -0.25) is 11.5 Å². The Morgan fingerprint density at radius 2 is 1.59 bits per heavy atom. The van der Waals surface area contributed by atoms with Gasteiger partial charge in [0.15, 0.2) is 0 Å². The Labute approximate surface area is 171 Å². The molecule has 0 saturated carbocycles. The molecule has 5 heteroatoms. The second-order valence-corrected chi connectivity index (χ2v) is 7.51. The van der Waals surface area contributed by atoms with Crippen molar-refractivity contribution in [1.82, 2.24) is 0 Å². The van der Waals surface area contributed by atoms with E-state index in [0.29, 0.717) is 6.42 Å². The van der Waals surface area contributed by atoms with Crippen molar-refractivity contribution in [2.75, 3.05) is 11.1 Å². The molecule has 0 spiro atoms. The normalized spacial score (nSPS) is 11.9. The van der Waals surface area contributed by atoms with Gasteiger partial charge in [-0.2, -0.15) is 4.57 Å². The Kier molecular flexibility index (Phi) is 4.86. The number of anilines is 2. The molecule has 0 unspecified atom stereocenters.